The van der Waals surface area contributed by atoms with E-state index < -0.39 is 5.60 Å². The van der Waals surface area contributed by atoms with Gasteiger partial charge in [-0.3, -0.25) is 9.97 Å². The lowest BCUT2D eigenvalue weighted by Crippen LogP contribution is -2.25. The fourth-order valence-corrected chi connectivity index (χ4v) is 2.36. The van der Waals surface area contributed by atoms with Gasteiger partial charge in [-0.15, -0.1) is 0 Å². The lowest BCUT2D eigenvalue weighted by molar-refractivity contribution is 0.0560. The van der Waals surface area contributed by atoms with E-state index in [0.717, 1.165) is 28.1 Å². The molecule has 1 unspecified atom stereocenters. The first-order chi connectivity index (χ1) is 9.45. The van der Waals surface area contributed by atoms with Gasteiger partial charge >= 0.3 is 0 Å². The molecule has 2 rings (SSSR count). The van der Waals surface area contributed by atoms with Crippen LogP contribution < -0.4 is 4.74 Å². The van der Waals surface area contributed by atoms with Crippen LogP contribution in [0.2, 0.25) is 0 Å². The Balaban J connectivity index is 2.35. The Morgan fingerprint density at radius 3 is 2.65 bits per heavy atom. The largest absolute Gasteiger partial charge is 0.496 e. The van der Waals surface area contributed by atoms with Crippen molar-refractivity contribution in [3.05, 3.63) is 53.1 Å². The number of methoxy groups -OCH3 is 1. The van der Waals surface area contributed by atoms with Crippen molar-refractivity contribution >= 4 is 0 Å². The van der Waals surface area contributed by atoms with E-state index >= 15 is 0 Å². The first-order valence-corrected chi connectivity index (χ1v) is 6.57. The zero-order chi connectivity index (χ0) is 14.8. The van der Waals surface area contributed by atoms with Crippen LogP contribution >= 0.6 is 0 Å². The summed E-state index contributed by atoms with van der Waals surface area (Å²) in [7, 11) is 1.65. The molecule has 2 aromatic rings. The highest BCUT2D eigenvalue weighted by molar-refractivity contribution is 5.41. The van der Waals surface area contributed by atoms with Crippen molar-refractivity contribution in [2.24, 2.45) is 0 Å². The third-order valence-corrected chi connectivity index (χ3v) is 3.54. The topological polar surface area (TPSA) is 55.2 Å². The molecule has 0 saturated carbocycles. The number of hydrogen-bond donors (Lipinski definition) is 1. The zero-order valence-corrected chi connectivity index (χ0v) is 12.3. The van der Waals surface area contributed by atoms with Crippen LogP contribution in [0.1, 0.15) is 29.3 Å². The van der Waals surface area contributed by atoms with E-state index in [1.807, 2.05) is 26.0 Å². The molecule has 0 aliphatic rings. The molecular weight excluding hydrogens is 252 g/mol. The average molecular weight is 272 g/mol. The van der Waals surface area contributed by atoms with Crippen LogP contribution in [-0.4, -0.2) is 22.2 Å². The molecular formula is C16H20N2O2. The van der Waals surface area contributed by atoms with Gasteiger partial charge < -0.3 is 9.84 Å². The van der Waals surface area contributed by atoms with Gasteiger partial charge in [-0.1, -0.05) is 6.07 Å². The van der Waals surface area contributed by atoms with Gasteiger partial charge in [0.25, 0.3) is 0 Å². The number of aliphatic hydroxyl groups is 1. The lowest BCUT2D eigenvalue weighted by Gasteiger charge is -2.24. The van der Waals surface area contributed by atoms with Gasteiger partial charge in [0.2, 0.25) is 0 Å². The van der Waals surface area contributed by atoms with Gasteiger partial charge in [-0.2, -0.15) is 0 Å². The van der Waals surface area contributed by atoms with E-state index in [2.05, 4.69) is 9.97 Å². The molecule has 0 saturated heterocycles. The van der Waals surface area contributed by atoms with Crippen molar-refractivity contribution in [3.63, 3.8) is 0 Å². The van der Waals surface area contributed by atoms with Crippen LogP contribution in [0, 0.1) is 13.8 Å². The standard InChI is InChI=1S/C16H20N2O2/c1-11-9-18-14(12(2)15(11)20-4)8-16(3,19)13-6-5-7-17-10-13/h5-7,9-10,19H,8H2,1-4H3. The highest BCUT2D eigenvalue weighted by atomic mass is 16.5. The molecule has 0 aromatic carbocycles. The van der Waals surface area contributed by atoms with E-state index in [1.54, 1.807) is 32.6 Å². The number of ether oxygens (including phenoxy) is 1. The Bertz CT molecular complexity index is 595. The number of hydrogen-bond acceptors (Lipinski definition) is 4. The highest BCUT2D eigenvalue weighted by Crippen LogP contribution is 2.29. The summed E-state index contributed by atoms with van der Waals surface area (Å²) in [5.74, 6) is 0.831. The third-order valence-electron chi connectivity index (χ3n) is 3.54. The van der Waals surface area contributed by atoms with Crippen molar-refractivity contribution in [1.82, 2.24) is 9.97 Å². The van der Waals surface area contributed by atoms with Crippen LogP contribution in [0.3, 0.4) is 0 Å². The van der Waals surface area contributed by atoms with E-state index in [4.69, 9.17) is 4.74 Å². The summed E-state index contributed by atoms with van der Waals surface area (Å²) in [6, 6.07) is 3.69. The van der Waals surface area contributed by atoms with Crippen molar-refractivity contribution in [2.75, 3.05) is 7.11 Å². The molecule has 1 atom stereocenters. The minimum absolute atomic E-state index is 0.418. The summed E-state index contributed by atoms with van der Waals surface area (Å²) >= 11 is 0. The van der Waals surface area contributed by atoms with Crippen molar-refractivity contribution in [2.45, 2.75) is 32.8 Å². The van der Waals surface area contributed by atoms with Crippen LogP contribution in [0.15, 0.2) is 30.7 Å². The third kappa shape index (κ3) is 2.80. The molecule has 1 N–H and O–H groups in total. The molecule has 4 heteroatoms. The van der Waals surface area contributed by atoms with Crippen LogP contribution in [0.4, 0.5) is 0 Å². The van der Waals surface area contributed by atoms with Crippen LogP contribution in [-0.2, 0) is 12.0 Å². The van der Waals surface area contributed by atoms with E-state index in [9.17, 15) is 5.11 Å². The molecule has 4 nitrogen and oxygen atoms in total. The second-order valence-corrected chi connectivity index (χ2v) is 5.24. The summed E-state index contributed by atoms with van der Waals surface area (Å²) in [6.07, 6.45) is 5.57. The second kappa shape index (κ2) is 5.59. The molecule has 0 radical (unpaired) electrons. The maximum absolute atomic E-state index is 10.7. The summed E-state index contributed by atoms with van der Waals surface area (Å²) in [4.78, 5) is 8.49. The normalized spacial score (nSPS) is 13.8. The van der Waals surface area contributed by atoms with E-state index in [1.165, 1.54) is 0 Å². The molecule has 0 fully saturated rings. The van der Waals surface area contributed by atoms with E-state index in [0.29, 0.717) is 6.42 Å². The molecule has 2 aromatic heterocycles. The summed E-state index contributed by atoms with van der Waals surface area (Å²) in [6.45, 7) is 5.70. The molecule has 106 valence electrons. The van der Waals surface area contributed by atoms with E-state index in [-0.39, 0.29) is 0 Å². The molecule has 0 aliphatic heterocycles. The average Bonchev–Trinajstić information content (AvgIpc) is 2.44. The quantitative estimate of drug-likeness (QED) is 0.929. The van der Waals surface area contributed by atoms with Gasteiger partial charge in [0.1, 0.15) is 5.75 Å². The van der Waals surface area contributed by atoms with Crippen LogP contribution in [0.25, 0.3) is 0 Å². The highest BCUT2D eigenvalue weighted by Gasteiger charge is 2.26. The fourth-order valence-electron chi connectivity index (χ4n) is 2.36. The minimum atomic E-state index is -1.01. The summed E-state index contributed by atoms with van der Waals surface area (Å²) < 4.78 is 5.40. The Morgan fingerprint density at radius 2 is 2.05 bits per heavy atom. The van der Waals surface area contributed by atoms with Gasteiger partial charge in [-0.25, -0.2) is 0 Å². The Hall–Kier alpha value is -1.94. The number of aryl methyl sites for hydroxylation is 1. The second-order valence-electron chi connectivity index (χ2n) is 5.24. The molecule has 0 aliphatic carbocycles. The smallest absolute Gasteiger partial charge is 0.128 e. The molecule has 2 heterocycles. The SMILES string of the molecule is COc1c(C)cnc(CC(C)(O)c2cccnc2)c1C. The Labute approximate surface area is 119 Å². The maximum atomic E-state index is 10.7. The van der Waals surface area contributed by atoms with Gasteiger partial charge in [0.05, 0.1) is 18.4 Å². The van der Waals surface area contributed by atoms with Crippen molar-refractivity contribution in [3.8, 4) is 5.75 Å². The predicted octanol–water partition coefficient (Wildman–Crippen LogP) is 2.55. The maximum Gasteiger partial charge on any atom is 0.128 e. The first-order valence-electron chi connectivity index (χ1n) is 6.57. The molecule has 20 heavy (non-hydrogen) atoms. The van der Waals surface area contributed by atoms with Gasteiger partial charge in [-0.05, 0) is 26.8 Å². The zero-order valence-electron chi connectivity index (χ0n) is 12.3. The predicted molar refractivity (Wildman–Crippen MR) is 77.8 cm³/mol. The summed E-state index contributed by atoms with van der Waals surface area (Å²) in [5.41, 5.74) is 2.57. The number of rotatable bonds is 4. The van der Waals surface area contributed by atoms with Gasteiger partial charge in [0.15, 0.2) is 0 Å². The number of nitrogens with zero attached hydrogens (tertiary/aromatic N) is 2. The first kappa shape index (κ1) is 14.5. The van der Waals surface area contributed by atoms with Gasteiger partial charge in [0, 0.05) is 41.7 Å². The molecule has 0 amide bonds. The Morgan fingerprint density at radius 1 is 1.30 bits per heavy atom. The molecule has 0 spiro atoms. The van der Waals surface area contributed by atoms with Crippen molar-refractivity contribution in [1.29, 1.82) is 0 Å². The van der Waals surface area contributed by atoms with Crippen LogP contribution in [0.5, 0.6) is 5.75 Å². The van der Waals surface area contributed by atoms with Crippen molar-refractivity contribution < 1.29 is 9.84 Å². The fraction of sp³-hybridized carbons (Fsp3) is 0.375. The summed E-state index contributed by atoms with van der Waals surface area (Å²) in [5, 5.41) is 10.7. The lowest BCUT2D eigenvalue weighted by atomic mass is 9.90. The number of aromatic nitrogens is 2. The molecule has 0 bridgehead atoms. The Kier molecular flexibility index (Phi) is 4.04. The monoisotopic (exact) mass is 272 g/mol. The minimum Gasteiger partial charge on any atom is -0.496 e. The number of pyridine rings is 2.